The van der Waals surface area contributed by atoms with Crippen molar-refractivity contribution in [3.05, 3.63) is 60.2 Å². The Balaban J connectivity index is 1.71. The van der Waals surface area contributed by atoms with Crippen LogP contribution in [0.5, 0.6) is 0 Å². The molecular formula is C23H30N4S. The van der Waals surface area contributed by atoms with Crippen LogP contribution >= 0.6 is 11.8 Å². The molecule has 0 fully saturated rings. The summed E-state index contributed by atoms with van der Waals surface area (Å²) in [5.74, 6) is 1.98. The van der Waals surface area contributed by atoms with Crippen molar-refractivity contribution in [1.29, 1.82) is 0 Å². The lowest BCUT2D eigenvalue weighted by atomic mass is 10.1. The maximum absolute atomic E-state index is 5.85. The van der Waals surface area contributed by atoms with Crippen molar-refractivity contribution < 1.29 is 0 Å². The van der Waals surface area contributed by atoms with Gasteiger partial charge in [0.15, 0.2) is 11.0 Å². The second-order valence-electron chi connectivity index (χ2n) is 7.12. The molecule has 28 heavy (non-hydrogen) atoms. The largest absolute Gasteiger partial charge is 0.399 e. The van der Waals surface area contributed by atoms with E-state index < -0.39 is 0 Å². The Morgan fingerprint density at radius 1 is 0.857 bits per heavy atom. The number of nitrogens with zero attached hydrogens (tertiary/aromatic N) is 3. The van der Waals surface area contributed by atoms with E-state index >= 15 is 0 Å². The first kappa shape index (κ1) is 20.5. The molecule has 0 aliphatic heterocycles. The summed E-state index contributed by atoms with van der Waals surface area (Å²) in [5, 5.41) is 10.00. The summed E-state index contributed by atoms with van der Waals surface area (Å²) in [7, 11) is 0. The molecule has 2 N–H and O–H groups in total. The summed E-state index contributed by atoms with van der Waals surface area (Å²) < 4.78 is 2.22. The van der Waals surface area contributed by atoms with Crippen LogP contribution < -0.4 is 5.73 Å². The molecule has 0 aliphatic rings. The van der Waals surface area contributed by atoms with Gasteiger partial charge in [-0.25, -0.2) is 0 Å². The Hall–Kier alpha value is -2.27. The highest BCUT2D eigenvalue weighted by molar-refractivity contribution is 7.99. The van der Waals surface area contributed by atoms with Gasteiger partial charge in [0.2, 0.25) is 0 Å². The number of nitrogen functional groups attached to an aromatic ring is 1. The van der Waals surface area contributed by atoms with Gasteiger partial charge in [-0.3, -0.25) is 4.57 Å². The van der Waals surface area contributed by atoms with Crippen LogP contribution in [0.15, 0.2) is 59.8 Å². The number of unbranched alkanes of at least 4 members (excludes halogenated alkanes) is 5. The topological polar surface area (TPSA) is 56.7 Å². The minimum absolute atomic E-state index is 0.760. The fourth-order valence-corrected chi connectivity index (χ4v) is 4.13. The number of aromatic nitrogens is 3. The van der Waals surface area contributed by atoms with E-state index in [1.54, 1.807) is 0 Å². The number of rotatable bonds is 11. The zero-order valence-corrected chi connectivity index (χ0v) is 17.5. The lowest BCUT2D eigenvalue weighted by Crippen LogP contribution is -2.04. The molecule has 0 saturated carbocycles. The van der Waals surface area contributed by atoms with Crippen molar-refractivity contribution in [1.82, 2.24) is 14.8 Å². The Bertz CT molecular complexity index is 828. The van der Waals surface area contributed by atoms with Gasteiger partial charge in [-0.1, -0.05) is 81.1 Å². The Morgan fingerprint density at radius 3 is 2.32 bits per heavy atom. The first-order valence-corrected chi connectivity index (χ1v) is 11.2. The van der Waals surface area contributed by atoms with Crippen molar-refractivity contribution in [2.45, 2.75) is 57.1 Å². The van der Waals surface area contributed by atoms with Crippen molar-refractivity contribution >= 4 is 17.4 Å². The summed E-state index contributed by atoms with van der Waals surface area (Å²) in [6.07, 6.45) is 7.86. The molecule has 0 bridgehead atoms. The molecular weight excluding hydrogens is 364 g/mol. The molecule has 3 rings (SSSR count). The average Bonchev–Trinajstić information content (AvgIpc) is 3.11. The molecule has 3 aromatic rings. The zero-order valence-electron chi connectivity index (χ0n) is 16.7. The van der Waals surface area contributed by atoms with Gasteiger partial charge >= 0.3 is 0 Å². The molecule has 0 saturated heterocycles. The van der Waals surface area contributed by atoms with Crippen LogP contribution in [0.4, 0.5) is 5.69 Å². The van der Waals surface area contributed by atoms with E-state index in [9.17, 15) is 0 Å². The maximum atomic E-state index is 5.85. The van der Waals surface area contributed by atoms with Gasteiger partial charge in [0.25, 0.3) is 0 Å². The van der Waals surface area contributed by atoms with E-state index in [1.807, 2.05) is 42.1 Å². The summed E-state index contributed by atoms with van der Waals surface area (Å²) in [6, 6.07) is 18.4. The van der Waals surface area contributed by atoms with Gasteiger partial charge in [-0.2, -0.15) is 0 Å². The van der Waals surface area contributed by atoms with Crippen molar-refractivity contribution in [2.75, 3.05) is 11.5 Å². The first-order chi connectivity index (χ1) is 13.8. The predicted molar refractivity (Wildman–Crippen MR) is 120 cm³/mol. The van der Waals surface area contributed by atoms with Gasteiger partial charge in [0.1, 0.15) is 0 Å². The normalized spacial score (nSPS) is 11.0. The van der Waals surface area contributed by atoms with E-state index in [-0.39, 0.29) is 0 Å². The van der Waals surface area contributed by atoms with Gasteiger partial charge in [-0.05, 0) is 36.2 Å². The molecule has 4 nitrogen and oxygen atoms in total. The maximum Gasteiger partial charge on any atom is 0.191 e. The Kier molecular flexibility index (Phi) is 7.97. The van der Waals surface area contributed by atoms with Gasteiger partial charge in [0, 0.05) is 17.0 Å². The van der Waals surface area contributed by atoms with Crippen LogP contribution in [0.25, 0.3) is 11.4 Å². The van der Waals surface area contributed by atoms with Crippen molar-refractivity contribution in [2.24, 2.45) is 0 Å². The van der Waals surface area contributed by atoms with Crippen LogP contribution in [0.3, 0.4) is 0 Å². The number of nitrogens with two attached hydrogens (primary N) is 1. The highest BCUT2D eigenvalue weighted by atomic mass is 32.2. The van der Waals surface area contributed by atoms with Crippen LogP contribution in [0.2, 0.25) is 0 Å². The highest BCUT2D eigenvalue weighted by Gasteiger charge is 2.14. The van der Waals surface area contributed by atoms with E-state index in [2.05, 4.69) is 46.0 Å². The quantitative estimate of drug-likeness (QED) is 0.245. The highest BCUT2D eigenvalue weighted by Crippen LogP contribution is 2.26. The minimum atomic E-state index is 0.760. The molecule has 1 aromatic heterocycles. The number of anilines is 1. The molecule has 0 spiro atoms. The lowest BCUT2D eigenvalue weighted by molar-refractivity contribution is 0.626. The molecule has 2 aromatic carbocycles. The molecule has 0 atom stereocenters. The van der Waals surface area contributed by atoms with Gasteiger partial charge in [0.05, 0.1) is 6.54 Å². The predicted octanol–water partition coefficient (Wildman–Crippen LogP) is 6.03. The van der Waals surface area contributed by atoms with Crippen molar-refractivity contribution in [3.63, 3.8) is 0 Å². The SMILES string of the molecule is CCCCCCCCSc1nnc(-c2ccc(N)cc2)n1Cc1ccccc1. The monoisotopic (exact) mass is 394 g/mol. The first-order valence-electron chi connectivity index (χ1n) is 10.2. The van der Waals surface area contributed by atoms with E-state index in [4.69, 9.17) is 5.73 Å². The van der Waals surface area contributed by atoms with Crippen LogP contribution in [-0.2, 0) is 6.54 Å². The summed E-state index contributed by atoms with van der Waals surface area (Å²) in [4.78, 5) is 0. The lowest BCUT2D eigenvalue weighted by Gasteiger charge is -2.11. The standard InChI is InChI=1S/C23H30N4S/c1-2-3-4-5-6-10-17-28-23-26-25-22(20-13-15-21(24)16-14-20)27(23)18-19-11-8-7-9-12-19/h7-9,11-16H,2-6,10,17-18,24H2,1H3. The van der Waals surface area contributed by atoms with Crippen LogP contribution in [0, 0.1) is 0 Å². The molecule has 1 heterocycles. The summed E-state index contributed by atoms with van der Waals surface area (Å²) in [6.45, 7) is 3.03. The number of hydrogen-bond acceptors (Lipinski definition) is 4. The van der Waals surface area contributed by atoms with Crippen LogP contribution in [0.1, 0.15) is 51.0 Å². The molecule has 0 unspecified atom stereocenters. The van der Waals surface area contributed by atoms with Crippen LogP contribution in [-0.4, -0.2) is 20.5 Å². The zero-order chi connectivity index (χ0) is 19.6. The Morgan fingerprint density at radius 2 is 1.57 bits per heavy atom. The third-order valence-electron chi connectivity index (χ3n) is 4.80. The minimum Gasteiger partial charge on any atom is -0.399 e. The second-order valence-corrected chi connectivity index (χ2v) is 8.18. The third-order valence-corrected chi connectivity index (χ3v) is 5.85. The molecule has 5 heteroatoms. The fraction of sp³-hybridized carbons (Fsp3) is 0.391. The molecule has 0 aliphatic carbocycles. The third kappa shape index (κ3) is 5.86. The second kappa shape index (κ2) is 10.9. The molecule has 148 valence electrons. The van der Waals surface area contributed by atoms with Gasteiger partial charge in [-0.15, -0.1) is 10.2 Å². The van der Waals surface area contributed by atoms with E-state index in [1.165, 1.54) is 44.1 Å². The molecule has 0 radical (unpaired) electrons. The van der Waals surface area contributed by atoms with Gasteiger partial charge < -0.3 is 5.73 Å². The smallest absolute Gasteiger partial charge is 0.191 e. The van der Waals surface area contributed by atoms with E-state index in [0.717, 1.165) is 34.5 Å². The molecule has 0 amide bonds. The van der Waals surface area contributed by atoms with E-state index in [0.29, 0.717) is 0 Å². The fourth-order valence-electron chi connectivity index (χ4n) is 3.20. The summed E-state index contributed by atoms with van der Waals surface area (Å²) >= 11 is 1.81. The number of hydrogen-bond donors (Lipinski definition) is 1. The number of thioether (sulfide) groups is 1. The summed E-state index contributed by atoms with van der Waals surface area (Å²) in [5.41, 5.74) is 8.90. The van der Waals surface area contributed by atoms with Crippen molar-refractivity contribution in [3.8, 4) is 11.4 Å². The Labute approximate surface area is 172 Å². The average molecular weight is 395 g/mol. The number of benzene rings is 2.